The minimum absolute atomic E-state index is 1.20. The van der Waals surface area contributed by atoms with Crippen molar-refractivity contribution in [3.63, 3.8) is 0 Å². The molecule has 0 saturated heterocycles. The third kappa shape index (κ3) is 4.76. The second-order valence-electron chi connectivity index (χ2n) is 15.4. The van der Waals surface area contributed by atoms with E-state index in [1.165, 1.54) is 120 Å². The topological polar surface area (TPSA) is 0 Å². The zero-order chi connectivity index (χ0) is 38.2. The van der Waals surface area contributed by atoms with E-state index in [1.807, 2.05) is 0 Å². The summed E-state index contributed by atoms with van der Waals surface area (Å²) in [6, 6.07) is 81.0. The number of hydrogen-bond acceptors (Lipinski definition) is 0. The lowest BCUT2D eigenvalue weighted by Crippen LogP contribution is -2.00. The fraction of sp³-hybridized carbons (Fsp3) is 0. The van der Waals surface area contributed by atoms with Crippen LogP contribution in [-0.4, -0.2) is 0 Å². The van der Waals surface area contributed by atoms with Crippen LogP contribution in [0.2, 0.25) is 0 Å². The van der Waals surface area contributed by atoms with Crippen molar-refractivity contribution in [1.82, 2.24) is 0 Å². The number of fused-ring (bicyclic) bond motifs is 5. The molecule has 12 aromatic carbocycles. The van der Waals surface area contributed by atoms with Crippen LogP contribution in [-0.2, 0) is 0 Å². The van der Waals surface area contributed by atoms with E-state index in [2.05, 4.69) is 218 Å². The Labute approximate surface area is 337 Å². The van der Waals surface area contributed by atoms with Gasteiger partial charge in [-0.3, -0.25) is 0 Å². The predicted octanol–water partition coefficient (Wildman–Crippen LogP) is 16.4. The van der Waals surface area contributed by atoms with Crippen LogP contribution in [0.3, 0.4) is 0 Å². The Morgan fingerprint density at radius 1 is 0.172 bits per heavy atom. The van der Waals surface area contributed by atoms with Crippen molar-refractivity contribution in [3.05, 3.63) is 218 Å². The van der Waals surface area contributed by atoms with Crippen LogP contribution in [0, 0.1) is 0 Å². The average Bonchev–Trinajstić information content (AvgIpc) is 3.30. The van der Waals surface area contributed by atoms with Gasteiger partial charge < -0.3 is 0 Å². The molecular formula is C58H36. The smallest absolute Gasteiger partial charge is 0.0000936 e. The van der Waals surface area contributed by atoms with Gasteiger partial charge in [0.15, 0.2) is 0 Å². The second-order valence-corrected chi connectivity index (χ2v) is 15.4. The SMILES string of the molecule is c1ccc(-c2cccc3c(-c4ccccc4)c4c(-c5ccccc5)c5c6cccc7ccc8cccc(c5c(-c5ccccc5)c4c(-c4ccccc4)c23)c8c76)cc1. The van der Waals surface area contributed by atoms with Gasteiger partial charge in [-0.2, -0.15) is 0 Å². The Hall–Kier alpha value is -7.54. The monoisotopic (exact) mass is 732 g/mol. The van der Waals surface area contributed by atoms with E-state index < -0.39 is 0 Å². The first-order chi connectivity index (χ1) is 28.8. The molecule has 0 aliphatic carbocycles. The van der Waals surface area contributed by atoms with Gasteiger partial charge in [0.25, 0.3) is 0 Å². The van der Waals surface area contributed by atoms with Crippen molar-refractivity contribution in [2.75, 3.05) is 0 Å². The lowest BCUT2D eigenvalue weighted by atomic mass is 9.74. The van der Waals surface area contributed by atoms with Crippen LogP contribution in [0.4, 0.5) is 0 Å². The fourth-order valence-electron chi connectivity index (χ4n) is 10.1. The molecule has 0 aliphatic rings. The van der Waals surface area contributed by atoms with E-state index in [0.717, 1.165) is 0 Å². The van der Waals surface area contributed by atoms with E-state index in [1.54, 1.807) is 0 Å². The molecule has 0 atom stereocenters. The van der Waals surface area contributed by atoms with Gasteiger partial charge in [0.1, 0.15) is 0 Å². The lowest BCUT2D eigenvalue weighted by molar-refractivity contribution is 1.62. The molecule has 0 N–H and O–H groups in total. The van der Waals surface area contributed by atoms with Crippen molar-refractivity contribution in [2.45, 2.75) is 0 Å². The normalized spacial score (nSPS) is 11.8. The highest BCUT2D eigenvalue weighted by atomic mass is 14.3. The maximum absolute atomic E-state index is 2.38. The first-order valence-corrected chi connectivity index (χ1v) is 20.2. The Bertz CT molecular complexity index is 3500. The van der Waals surface area contributed by atoms with Crippen LogP contribution in [0.25, 0.3) is 120 Å². The van der Waals surface area contributed by atoms with Crippen LogP contribution < -0.4 is 0 Å². The van der Waals surface area contributed by atoms with Crippen LogP contribution in [0.15, 0.2) is 218 Å². The first-order valence-electron chi connectivity index (χ1n) is 20.2. The van der Waals surface area contributed by atoms with Gasteiger partial charge in [-0.15, -0.1) is 0 Å². The van der Waals surface area contributed by atoms with Gasteiger partial charge in [0.2, 0.25) is 0 Å². The molecule has 0 bridgehead atoms. The minimum atomic E-state index is 1.20. The maximum atomic E-state index is 2.38. The molecule has 268 valence electrons. The van der Waals surface area contributed by atoms with Crippen molar-refractivity contribution < 1.29 is 0 Å². The van der Waals surface area contributed by atoms with Crippen LogP contribution in [0.1, 0.15) is 0 Å². The molecule has 0 unspecified atom stereocenters. The first kappa shape index (κ1) is 32.7. The second kappa shape index (κ2) is 13.0. The minimum Gasteiger partial charge on any atom is -0.0622 e. The number of rotatable bonds is 5. The van der Waals surface area contributed by atoms with Crippen molar-refractivity contribution in [3.8, 4) is 55.6 Å². The molecule has 58 heavy (non-hydrogen) atoms. The summed E-state index contributed by atoms with van der Waals surface area (Å²) in [5.74, 6) is 0. The molecule has 0 heteroatoms. The van der Waals surface area contributed by atoms with Gasteiger partial charge in [-0.05, 0) is 120 Å². The molecule has 0 aromatic heterocycles. The van der Waals surface area contributed by atoms with E-state index in [9.17, 15) is 0 Å². The zero-order valence-corrected chi connectivity index (χ0v) is 31.8. The molecule has 0 fully saturated rings. The Balaban J connectivity index is 1.52. The van der Waals surface area contributed by atoms with Crippen molar-refractivity contribution in [1.29, 1.82) is 0 Å². The molecule has 12 rings (SSSR count). The maximum Gasteiger partial charge on any atom is -0.0000936 e. The largest absolute Gasteiger partial charge is 0.0622 e. The third-order valence-electron chi connectivity index (χ3n) is 12.3. The number of benzene rings is 12. The Morgan fingerprint density at radius 3 is 0.966 bits per heavy atom. The van der Waals surface area contributed by atoms with E-state index >= 15 is 0 Å². The van der Waals surface area contributed by atoms with Gasteiger partial charge in [0.05, 0.1) is 0 Å². The van der Waals surface area contributed by atoms with Crippen LogP contribution >= 0.6 is 0 Å². The molecule has 0 saturated carbocycles. The van der Waals surface area contributed by atoms with Gasteiger partial charge in [-0.25, -0.2) is 0 Å². The predicted molar refractivity (Wildman–Crippen MR) is 250 cm³/mol. The molecule has 0 aliphatic heterocycles. The molecule has 12 aromatic rings. The average molecular weight is 733 g/mol. The quantitative estimate of drug-likeness (QED) is 0.122. The summed E-state index contributed by atoms with van der Waals surface area (Å²) in [5.41, 5.74) is 12.3. The highest BCUT2D eigenvalue weighted by Gasteiger charge is 2.29. The Morgan fingerprint density at radius 2 is 0.517 bits per heavy atom. The van der Waals surface area contributed by atoms with Gasteiger partial charge in [-0.1, -0.05) is 218 Å². The van der Waals surface area contributed by atoms with E-state index in [-0.39, 0.29) is 0 Å². The number of hydrogen-bond donors (Lipinski definition) is 0. The Kier molecular flexibility index (Phi) is 7.33. The summed E-state index contributed by atoms with van der Waals surface area (Å²) in [7, 11) is 0. The van der Waals surface area contributed by atoms with Crippen molar-refractivity contribution >= 4 is 64.6 Å². The highest BCUT2D eigenvalue weighted by molar-refractivity contribution is 6.44. The summed E-state index contributed by atoms with van der Waals surface area (Å²) in [6.45, 7) is 0. The summed E-state index contributed by atoms with van der Waals surface area (Å²) < 4.78 is 0. The lowest BCUT2D eigenvalue weighted by Gasteiger charge is -2.28. The standard InChI is InChI=1S/C58H36/c1-6-19-37(20-7-1)44-31-18-34-45-50(38-21-8-2-9-22-38)57-52(40-25-12-4-13-26-40)55-46-32-16-29-42-35-36-43-30-17-33-47(49(43)48(42)46)56(55)53(41-27-14-5-15-28-41)58(57)51(54(44)45)39-23-10-3-11-24-39/h1-36H. The van der Waals surface area contributed by atoms with Gasteiger partial charge >= 0.3 is 0 Å². The highest BCUT2D eigenvalue weighted by Crippen LogP contribution is 2.57. The van der Waals surface area contributed by atoms with Gasteiger partial charge in [0, 0.05) is 0 Å². The molecule has 0 radical (unpaired) electrons. The molecule has 0 heterocycles. The van der Waals surface area contributed by atoms with E-state index in [4.69, 9.17) is 0 Å². The summed E-state index contributed by atoms with van der Waals surface area (Å²) >= 11 is 0. The third-order valence-corrected chi connectivity index (χ3v) is 12.3. The summed E-state index contributed by atoms with van der Waals surface area (Å²) in [5, 5.41) is 15.4. The molecule has 0 nitrogen and oxygen atoms in total. The van der Waals surface area contributed by atoms with Crippen LogP contribution in [0.5, 0.6) is 0 Å². The molecule has 0 amide bonds. The molecule has 0 spiro atoms. The fourth-order valence-corrected chi connectivity index (χ4v) is 10.1. The summed E-state index contributed by atoms with van der Waals surface area (Å²) in [4.78, 5) is 0. The zero-order valence-electron chi connectivity index (χ0n) is 31.8. The van der Waals surface area contributed by atoms with E-state index in [0.29, 0.717) is 0 Å². The van der Waals surface area contributed by atoms with Crippen molar-refractivity contribution in [2.24, 2.45) is 0 Å². The summed E-state index contributed by atoms with van der Waals surface area (Å²) in [6.07, 6.45) is 0. The molecular weight excluding hydrogens is 697 g/mol.